The smallest absolute Gasteiger partial charge is 0.0996 e. The topological polar surface area (TPSA) is 45.5 Å². The van der Waals surface area contributed by atoms with Gasteiger partial charge in [0.1, 0.15) is 0 Å². The molecular formula is C12H17N5. The number of fused-ring (bicyclic) bond motifs is 1. The first-order valence-corrected chi connectivity index (χ1v) is 6.12. The van der Waals surface area contributed by atoms with Crippen LogP contribution in [0.25, 0.3) is 5.52 Å². The highest BCUT2D eigenvalue weighted by molar-refractivity contribution is 5.49. The molecule has 0 spiro atoms. The summed E-state index contributed by atoms with van der Waals surface area (Å²) in [5, 5.41) is 3.37. The standard InChI is InChI=1S/C12H17N5/c1(5-16-6-2-13-3-7-16)11-12-9-14-4-8-17(12)10-15-11/h4,8-10,13H,1-3,5-7H2. The number of nitrogens with zero attached hydrogens (tertiary/aromatic N) is 4. The third-order valence-electron chi connectivity index (χ3n) is 3.30. The molecule has 0 aliphatic carbocycles. The molecule has 0 atom stereocenters. The Labute approximate surface area is 100 Å². The Morgan fingerprint density at radius 3 is 3.06 bits per heavy atom. The van der Waals surface area contributed by atoms with E-state index in [1.54, 1.807) is 6.20 Å². The third kappa shape index (κ3) is 2.30. The molecular weight excluding hydrogens is 214 g/mol. The number of rotatable bonds is 3. The van der Waals surface area contributed by atoms with Crippen molar-refractivity contribution in [2.24, 2.45) is 0 Å². The van der Waals surface area contributed by atoms with E-state index in [1.807, 2.05) is 23.1 Å². The van der Waals surface area contributed by atoms with Gasteiger partial charge in [0.25, 0.3) is 0 Å². The maximum Gasteiger partial charge on any atom is 0.0996 e. The second kappa shape index (κ2) is 4.81. The molecule has 3 heterocycles. The first-order valence-electron chi connectivity index (χ1n) is 6.12. The van der Waals surface area contributed by atoms with Crippen LogP contribution in [0.15, 0.2) is 24.9 Å². The zero-order valence-electron chi connectivity index (χ0n) is 9.84. The summed E-state index contributed by atoms with van der Waals surface area (Å²) in [5.74, 6) is 0. The summed E-state index contributed by atoms with van der Waals surface area (Å²) in [6.07, 6.45) is 8.48. The van der Waals surface area contributed by atoms with Crippen LogP contribution in [0.2, 0.25) is 0 Å². The molecule has 1 N–H and O–H groups in total. The molecule has 2 aromatic rings. The molecule has 0 bridgehead atoms. The van der Waals surface area contributed by atoms with Gasteiger partial charge in [0.15, 0.2) is 0 Å². The van der Waals surface area contributed by atoms with Crippen LogP contribution in [0.3, 0.4) is 0 Å². The molecule has 0 unspecified atom stereocenters. The second-order valence-corrected chi connectivity index (χ2v) is 4.40. The lowest BCUT2D eigenvalue weighted by molar-refractivity contribution is 0.243. The molecule has 0 amide bonds. The fourth-order valence-corrected chi connectivity index (χ4v) is 2.28. The van der Waals surface area contributed by atoms with Gasteiger partial charge in [0.2, 0.25) is 0 Å². The van der Waals surface area contributed by atoms with Gasteiger partial charge in [-0.3, -0.25) is 4.98 Å². The fourth-order valence-electron chi connectivity index (χ4n) is 2.28. The molecule has 1 saturated heterocycles. The van der Waals surface area contributed by atoms with E-state index < -0.39 is 0 Å². The van der Waals surface area contributed by atoms with E-state index in [-0.39, 0.29) is 0 Å². The summed E-state index contributed by atoms with van der Waals surface area (Å²) in [5.41, 5.74) is 2.28. The second-order valence-electron chi connectivity index (χ2n) is 4.40. The minimum atomic E-state index is 1.00. The van der Waals surface area contributed by atoms with Gasteiger partial charge < -0.3 is 14.6 Å². The van der Waals surface area contributed by atoms with Crippen molar-refractivity contribution in [3.63, 3.8) is 0 Å². The number of nitrogens with one attached hydrogen (secondary N) is 1. The highest BCUT2D eigenvalue weighted by Crippen LogP contribution is 2.08. The average Bonchev–Trinajstić information content (AvgIpc) is 2.81. The Kier molecular flexibility index (Phi) is 3.02. The Bertz CT molecular complexity index is 486. The molecule has 1 aliphatic rings. The molecule has 5 nitrogen and oxygen atoms in total. The van der Waals surface area contributed by atoms with E-state index in [0.29, 0.717) is 0 Å². The van der Waals surface area contributed by atoms with Gasteiger partial charge in [-0.05, 0) is 0 Å². The van der Waals surface area contributed by atoms with E-state index in [2.05, 4.69) is 20.2 Å². The van der Waals surface area contributed by atoms with Crippen molar-refractivity contribution in [3.05, 3.63) is 30.6 Å². The maximum atomic E-state index is 4.46. The van der Waals surface area contributed by atoms with Crippen molar-refractivity contribution in [1.29, 1.82) is 0 Å². The molecule has 0 radical (unpaired) electrons. The normalized spacial score (nSPS) is 17.6. The quantitative estimate of drug-likeness (QED) is 0.818. The molecule has 2 aromatic heterocycles. The number of piperazine rings is 1. The first kappa shape index (κ1) is 10.7. The van der Waals surface area contributed by atoms with Crippen molar-refractivity contribution < 1.29 is 0 Å². The van der Waals surface area contributed by atoms with E-state index in [4.69, 9.17) is 0 Å². The van der Waals surface area contributed by atoms with Crippen molar-refractivity contribution in [2.75, 3.05) is 32.7 Å². The van der Waals surface area contributed by atoms with Crippen LogP contribution in [0, 0.1) is 0 Å². The van der Waals surface area contributed by atoms with Crippen LogP contribution in [0.4, 0.5) is 0 Å². The number of hydrogen-bond donors (Lipinski definition) is 1. The summed E-state index contributed by atoms with van der Waals surface area (Å²) in [7, 11) is 0. The van der Waals surface area contributed by atoms with Gasteiger partial charge in [-0.1, -0.05) is 0 Å². The monoisotopic (exact) mass is 231 g/mol. The van der Waals surface area contributed by atoms with Crippen LogP contribution >= 0.6 is 0 Å². The zero-order valence-corrected chi connectivity index (χ0v) is 9.84. The lowest BCUT2D eigenvalue weighted by Gasteiger charge is -2.26. The minimum absolute atomic E-state index is 1.00. The summed E-state index contributed by atoms with van der Waals surface area (Å²) >= 11 is 0. The van der Waals surface area contributed by atoms with E-state index in [1.165, 1.54) is 0 Å². The average molecular weight is 231 g/mol. The predicted octanol–water partition coefficient (Wildman–Crippen LogP) is 0.177. The Hall–Kier alpha value is -1.46. The van der Waals surface area contributed by atoms with Crippen LogP contribution in [0.5, 0.6) is 0 Å². The van der Waals surface area contributed by atoms with Crippen molar-refractivity contribution in [3.8, 4) is 0 Å². The van der Waals surface area contributed by atoms with Crippen LogP contribution in [0.1, 0.15) is 5.69 Å². The molecule has 17 heavy (non-hydrogen) atoms. The number of imidazole rings is 1. The summed E-state index contributed by atoms with van der Waals surface area (Å²) < 4.78 is 2.03. The van der Waals surface area contributed by atoms with Crippen LogP contribution in [-0.4, -0.2) is 52.0 Å². The lowest BCUT2D eigenvalue weighted by Crippen LogP contribution is -2.44. The minimum Gasteiger partial charge on any atom is -0.314 e. The van der Waals surface area contributed by atoms with Crippen molar-refractivity contribution in [2.45, 2.75) is 6.42 Å². The summed E-state index contributed by atoms with van der Waals surface area (Å²) in [6, 6.07) is 0. The van der Waals surface area contributed by atoms with Gasteiger partial charge in [-0.25, -0.2) is 4.98 Å². The largest absolute Gasteiger partial charge is 0.314 e. The van der Waals surface area contributed by atoms with E-state index in [9.17, 15) is 0 Å². The lowest BCUT2D eigenvalue weighted by atomic mass is 10.2. The Balaban J connectivity index is 1.68. The summed E-state index contributed by atoms with van der Waals surface area (Å²) in [4.78, 5) is 11.1. The maximum absolute atomic E-state index is 4.46. The van der Waals surface area contributed by atoms with E-state index in [0.717, 1.165) is 50.4 Å². The Morgan fingerprint density at radius 1 is 1.29 bits per heavy atom. The molecule has 0 aromatic carbocycles. The van der Waals surface area contributed by atoms with Crippen LogP contribution < -0.4 is 5.32 Å². The first-order chi connectivity index (χ1) is 8.43. The Morgan fingerprint density at radius 2 is 2.18 bits per heavy atom. The van der Waals surface area contributed by atoms with Gasteiger partial charge in [0, 0.05) is 51.5 Å². The third-order valence-corrected chi connectivity index (χ3v) is 3.30. The van der Waals surface area contributed by atoms with Crippen molar-refractivity contribution in [1.82, 2.24) is 24.6 Å². The van der Waals surface area contributed by atoms with Crippen molar-refractivity contribution >= 4 is 5.52 Å². The summed E-state index contributed by atoms with van der Waals surface area (Å²) in [6.45, 7) is 5.58. The predicted molar refractivity (Wildman–Crippen MR) is 66.0 cm³/mol. The molecule has 1 fully saturated rings. The molecule has 3 rings (SSSR count). The van der Waals surface area contributed by atoms with Gasteiger partial charge >= 0.3 is 0 Å². The highest BCUT2D eigenvalue weighted by Gasteiger charge is 2.11. The molecule has 1 aliphatic heterocycles. The van der Waals surface area contributed by atoms with E-state index >= 15 is 0 Å². The SMILES string of the molecule is c1cn2cnc(CCN3CCNCC3)c2cn1. The molecule has 0 saturated carbocycles. The van der Waals surface area contributed by atoms with Gasteiger partial charge in [0.05, 0.1) is 23.7 Å². The fraction of sp³-hybridized carbons (Fsp3) is 0.500. The van der Waals surface area contributed by atoms with Gasteiger partial charge in [-0.15, -0.1) is 0 Å². The molecule has 5 heteroatoms. The number of hydrogen-bond acceptors (Lipinski definition) is 4. The highest BCUT2D eigenvalue weighted by atomic mass is 15.2. The molecule has 90 valence electrons. The number of aromatic nitrogens is 3. The van der Waals surface area contributed by atoms with Gasteiger partial charge in [-0.2, -0.15) is 0 Å². The zero-order chi connectivity index (χ0) is 11.5. The van der Waals surface area contributed by atoms with Crippen LogP contribution in [-0.2, 0) is 6.42 Å².